The van der Waals surface area contributed by atoms with Gasteiger partial charge in [0.2, 0.25) is 5.91 Å². The molecule has 0 radical (unpaired) electrons. The molecule has 7 heteroatoms. The lowest BCUT2D eigenvalue weighted by Gasteiger charge is -2.25. The fourth-order valence-corrected chi connectivity index (χ4v) is 2.66. The summed E-state index contributed by atoms with van der Waals surface area (Å²) < 4.78 is 10.4. The Labute approximate surface area is 176 Å². The lowest BCUT2D eigenvalue weighted by Crippen LogP contribution is -2.53. The van der Waals surface area contributed by atoms with Crippen molar-refractivity contribution >= 4 is 18.0 Å². The predicted octanol–water partition coefficient (Wildman–Crippen LogP) is 4.19. The largest absolute Gasteiger partial charge is 0.464 e. The second kappa shape index (κ2) is 16.1. The Morgan fingerprint density at radius 3 is 2.03 bits per heavy atom. The molecule has 0 aromatic heterocycles. The SMILES string of the molecule is CCCCCCCCOC(=O)C(C)NC(=O)C(NC(=O)OCC(C)C)C(C)CC. The average molecular weight is 415 g/mol. The van der Waals surface area contributed by atoms with Gasteiger partial charge in [-0.1, -0.05) is 73.1 Å². The zero-order valence-electron chi connectivity index (χ0n) is 19.2. The molecule has 0 heterocycles. The zero-order valence-corrected chi connectivity index (χ0v) is 19.2. The van der Waals surface area contributed by atoms with E-state index >= 15 is 0 Å². The van der Waals surface area contributed by atoms with E-state index in [1.54, 1.807) is 6.92 Å². The van der Waals surface area contributed by atoms with Crippen LogP contribution in [0.1, 0.15) is 86.5 Å². The molecule has 0 saturated carbocycles. The van der Waals surface area contributed by atoms with Crippen molar-refractivity contribution in [1.82, 2.24) is 10.6 Å². The fraction of sp³-hybridized carbons (Fsp3) is 0.864. The summed E-state index contributed by atoms with van der Waals surface area (Å²) in [6.07, 6.45) is 6.72. The number of hydrogen-bond acceptors (Lipinski definition) is 5. The van der Waals surface area contributed by atoms with E-state index in [1.165, 1.54) is 19.3 Å². The number of esters is 1. The Bertz CT molecular complexity index is 482. The Kier molecular flexibility index (Phi) is 15.1. The number of rotatable bonds is 15. The number of ether oxygens (including phenoxy) is 2. The molecule has 0 aromatic carbocycles. The standard InChI is InChI=1S/C22H42N2O5/c1-7-9-10-11-12-13-14-28-21(26)18(6)23-20(25)19(17(5)8-2)24-22(27)29-15-16(3)4/h16-19H,7-15H2,1-6H3,(H,23,25)(H,24,27). The molecule has 7 nitrogen and oxygen atoms in total. The molecule has 3 unspecified atom stereocenters. The first-order valence-electron chi connectivity index (χ1n) is 11.1. The van der Waals surface area contributed by atoms with Crippen LogP contribution in [-0.4, -0.2) is 43.3 Å². The summed E-state index contributed by atoms with van der Waals surface area (Å²) >= 11 is 0. The van der Waals surface area contributed by atoms with Gasteiger partial charge in [-0.3, -0.25) is 4.79 Å². The van der Waals surface area contributed by atoms with E-state index in [-0.39, 0.29) is 18.4 Å². The van der Waals surface area contributed by atoms with Crippen LogP contribution in [0.3, 0.4) is 0 Å². The minimum atomic E-state index is -0.775. The summed E-state index contributed by atoms with van der Waals surface area (Å²) in [7, 11) is 0. The van der Waals surface area contributed by atoms with E-state index in [2.05, 4.69) is 17.6 Å². The van der Waals surface area contributed by atoms with Crippen molar-refractivity contribution in [2.45, 2.75) is 98.6 Å². The molecule has 2 amide bonds. The van der Waals surface area contributed by atoms with Gasteiger partial charge in [0.05, 0.1) is 13.2 Å². The highest BCUT2D eigenvalue weighted by Crippen LogP contribution is 2.10. The number of unbranched alkanes of at least 4 members (excludes halogenated alkanes) is 5. The summed E-state index contributed by atoms with van der Waals surface area (Å²) in [6.45, 7) is 12.1. The highest BCUT2D eigenvalue weighted by Gasteiger charge is 2.29. The molecular weight excluding hydrogens is 372 g/mol. The van der Waals surface area contributed by atoms with Crippen molar-refractivity contribution in [3.63, 3.8) is 0 Å². The Balaban J connectivity index is 4.44. The van der Waals surface area contributed by atoms with Crippen LogP contribution in [0.2, 0.25) is 0 Å². The minimum Gasteiger partial charge on any atom is -0.464 e. The van der Waals surface area contributed by atoms with Crippen molar-refractivity contribution in [3.8, 4) is 0 Å². The first kappa shape index (κ1) is 27.2. The summed E-state index contributed by atoms with van der Waals surface area (Å²) in [6, 6.07) is -1.55. The van der Waals surface area contributed by atoms with E-state index in [4.69, 9.17) is 9.47 Å². The third-order valence-corrected chi connectivity index (χ3v) is 4.77. The molecule has 0 fully saturated rings. The number of nitrogens with one attached hydrogen (secondary N) is 2. The fourth-order valence-electron chi connectivity index (χ4n) is 2.66. The van der Waals surface area contributed by atoms with E-state index < -0.39 is 30.1 Å². The third kappa shape index (κ3) is 13.1. The van der Waals surface area contributed by atoms with Crippen LogP contribution in [-0.2, 0) is 19.1 Å². The molecule has 0 aromatic rings. The molecular formula is C22H42N2O5. The second-order valence-electron chi connectivity index (χ2n) is 8.17. The van der Waals surface area contributed by atoms with E-state index in [0.717, 1.165) is 19.3 Å². The maximum atomic E-state index is 12.6. The highest BCUT2D eigenvalue weighted by molar-refractivity contribution is 5.89. The van der Waals surface area contributed by atoms with Crippen molar-refractivity contribution in [2.75, 3.05) is 13.2 Å². The third-order valence-electron chi connectivity index (χ3n) is 4.77. The van der Waals surface area contributed by atoms with Gasteiger partial charge in [-0.05, 0) is 25.2 Å². The maximum absolute atomic E-state index is 12.6. The molecule has 3 atom stereocenters. The normalized spacial score (nSPS) is 14.0. The highest BCUT2D eigenvalue weighted by atomic mass is 16.5. The Hall–Kier alpha value is -1.79. The zero-order chi connectivity index (χ0) is 22.2. The Morgan fingerprint density at radius 2 is 1.45 bits per heavy atom. The minimum absolute atomic E-state index is 0.104. The predicted molar refractivity (Wildman–Crippen MR) is 115 cm³/mol. The molecule has 2 N–H and O–H groups in total. The second-order valence-corrected chi connectivity index (χ2v) is 8.17. The van der Waals surface area contributed by atoms with Crippen molar-refractivity contribution in [3.05, 3.63) is 0 Å². The first-order chi connectivity index (χ1) is 13.7. The Morgan fingerprint density at radius 1 is 0.828 bits per heavy atom. The first-order valence-corrected chi connectivity index (χ1v) is 11.1. The smallest absolute Gasteiger partial charge is 0.407 e. The van der Waals surface area contributed by atoms with Crippen molar-refractivity contribution < 1.29 is 23.9 Å². The summed E-state index contributed by atoms with van der Waals surface area (Å²) in [5, 5.41) is 5.27. The van der Waals surface area contributed by atoms with Crippen LogP contribution < -0.4 is 10.6 Å². The number of carbonyl (C=O) groups is 3. The number of amides is 2. The number of alkyl carbamates (subject to hydrolysis) is 1. The molecule has 0 bridgehead atoms. The number of hydrogen-bond donors (Lipinski definition) is 2. The van der Waals surface area contributed by atoms with Crippen molar-refractivity contribution in [1.29, 1.82) is 0 Å². The molecule has 0 aliphatic heterocycles. The van der Waals surface area contributed by atoms with Gasteiger partial charge in [-0.15, -0.1) is 0 Å². The molecule has 170 valence electrons. The van der Waals surface area contributed by atoms with Gasteiger partial charge in [-0.2, -0.15) is 0 Å². The molecule has 0 saturated heterocycles. The van der Waals surface area contributed by atoms with Gasteiger partial charge < -0.3 is 20.1 Å². The van der Waals surface area contributed by atoms with Gasteiger partial charge in [0.15, 0.2) is 0 Å². The van der Waals surface area contributed by atoms with Crippen LogP contribution >= 0.6 is 0 Å². The molecule has 29 heavy (non-hydrogen) atoms. The van der Waals surface area contributed by atoms with Crippen LogP contribution in [0.5, 0.6) is 0 Å². The summed E-state index contributed by atoms with van der Waals surface area (Å²) in [5.74, 6) is -0.770. The lowest BCUT2D eigenvalue weighted by molar-refractivity contribution is -0.147. The quantitative estimate of drug-likeness (QED) is 0.309. The maximum Gasteiger partial charge on any atom is 0.407 e. The molecule has 0 spiro atoms. The van der Waals surface area contributed by atoms with Gasteiger partial charge in [0.1, 0.15) is 12.1 Å². The van der Waals surface area contributed by atoms with Gasteiger partial charge in [0.25, 0.3) is 0 Å². The van der Waals surface area contributed by atoms with Gasteiger partial charge >= 0.3 is 12.1 Å². The van der Waals surface area contributed by atoms with Crippen LogP contribution in [0, 0.1) is 11.8 Å². The average Bonchev–Trinajstić information content (AvgIpc) is 2.68. The van der Waals surface area contributed by atoms with Gasteiger partial charge in [0, 0.05) is 0 Å². The number of carbonyl (C=O) groups excluding carboxylic acids is 3. The van der Waals surface area contributed by atoms with Crippen LogP contribution in [0.25, 0.3) is 0 Å². The van der Waals surface area contributed by atoms with E-state index in [9.17, 15) is 14.4 Å². The lowest BCUT2D eigenvalue weighted by atomic mass is 9.98. The summed E-state index contributed by atoms with van der Waals surface area (Å²) in [5.41, 5.74) is 0. The van der Waals surface area contributed by atoms with Gasteiger partial charge in [-0.25, -0.2) is 9.59 Å². The summed E-state index contributed by atoms with van der Waals surface area (Å²) in [4.78, 5) is 36.7. The topological polar surface area (TPSA) is 93.7 Å². The molecule has 0 aliphatic carbocycles. The van der Waals surface area contributed by atoms with E-state index in [1.807, 2.05) is 27.7 Å². The van der Waals surface area contributed by atoms with Crippen LogP contribution in [0.4, 0.5) is 4.79 Å². The van der Waals surface area contributed by atoms with Crippen LogP contribution in [0.15, 0.2) is 0 Å². The molecule has 0 rings (SSSR count). The monoisotopic (exact) mass is 414 g/mol. The van der Waals surface area contributed by atoms with E-state index in [0.29, 0.717) is 13.0 Å². The molecule has 0 aliphatic rings. The van der Waals surface area contributed by atoms with Crippen molar-refractivity contribution in [2.24, 2.45) is 11.8 Å².